The normalized spacial score (nSPS) is 15.4. The molecule has 7 nitrogen and oxygen atoms in total. The first-order valence-corrected chi connectivity index (χ1v) is 11.6. The van der Waals surface area contributed by atoms with Crippen molar-refractivity contribution >= 4 is 23.2 Å². The number of likely N-dealkylation sites (N-methyl/N-ethyl adjacent to an activating group) is 1. The van der Waals surface area contributed by atoms with E-state index in [9.17, 15) is 14.3 Å². The molecule has 0 saturated heterocycles. The molecule has 1 saturated carbocycles. The van der Waals surface area contributed by atoms with Gasteiger partial charge in [-0.25, -0.2) is 14.4 Å². The number of halogens is 1. The lowest BCUT2D eigenvalue weighted by molar-refractivity contribution is 0.0767. The Labute approximate surface area is 198 Å². The Morgan fingerprint density at radius 3 is 2.65 bits per heavy atom. The Balaban J connectivity index is 1.46. The second-order valence-corrected chi connectivity index (χ2v) is 9.05. The molecule has 1 aliphatic heterocycles. The molecule has 8 heteroatoms. The van der Waals surface area contributed by atoms with Crippen LogP contribution in [-0.4, -0.2) is 59.2 Å². The molecule has 1 fully saturated rings. The smallest absolute Gasteiger partial charge is 0.253 e. The van der Waals surface area contributed by atoms with Crippen molar-refractivity contribution in [2.24, 2.45) is 0 Å². The van der Waals surface area contributed by atoms with Gasteiger partial charge in [-0.05, 0) is 55.7 Å². The third-order valence-corrected chi connectivity index (χ3v) is 6.74. The molecule has 2 aromatic carbocycles. The first kappa shape index (κ1) is 22.3. The van der Waals surface area contributed by atoms with Crippen molar-refractivity contribution in [1.82, 2.24) is 14.9 Å². The molecule has 0 bridgehead atoms. The van der Waals surface area contributed by atoms with Crippen LogP contribution in [0.4, 0.5) is 21.7 Å². The number of aliphatic hydroxyl groups excluding tert-OH is 1. The van der Waals surface area contributed by atoms with Crippen LogP contribution < -0.4 is 10.2 Å². The highest BCUT2D eigenvalue weighted by Crippen LogP contribution is 2.57. The molecule has 5 rings (SSSR count). The summed E-state index contributed by atoms with van der Waals surface area (Å²) in [6.07, 6.45) is 5.49. The SMILES string of the molecule is CCNc1ccc(F)c(-c2cnc(N3CC4(CC4)c4ccc(C(=O)N(C)CCO)cc43)nc2)c1. The van der Waals surface area contributed by atoms with Gasteiger partial charge in [0, 0.05) is 72.6 Å². The van der Waals surface area contributed by atoms with Crippen LogP contribution in [0.3, 0.4) is 0 Å². The Morgan fingerprint density at radius 2 is 1.97 bits per heavy atom. The van der Waals surface area contributed by atoms with Crippen LogP contribution in [0.25, 0.3) is 11.1 Å². The Morgan fingerprint density at radius 1 is 1.21 bits per heavy atom. The second-order valence-electron chi connectivity index (χ2n) is 9.05. The van der Waals surface area contributed by atoms with Crippen molar-refractivity contribution in [2.45, 2.75) is 25.2 Å². The molecule has 1 aromatic heterocycles. The Bertz CT molecular complexity index is 1230. The largest absolute Gasteiger partial charge is 0.395 e. The Kier molecular flexibility index (Phi) is 5.69. The highest BCUT2D eigenvalue weighted by molar-refractivity contribution is 5.96. The van der Waals surface area contributed by atoms with E-state index in [0.29, 0.717) is 22.6 Å². The number of fused-ring (bicyclic) bond motifs is 2. The van der Waals surface area contributed by atoms with Gasteiger partial charge in [0.15, 0.2) is 0 Å². The maximum atomic E-state index is 14.5. The van der Waals surface area contributed by atoms with Crippen molar-refractivity contribution in [3.8, 4) is 11.1 Å². The second kappa shape index (κ2) is 8.68. The lowest BCUT2D eigenvalue weighted by atomic mass is 9.97. The topological polar surface area (TPSA) is 81.6 Å². The van der Waals surface area contributed by atoms with Crippen LogP contribution in [0.2, 0.25) is 0 Å². The molecule has 0 radical (unpaired) electrons. The number of nitrogens with one attached hydrogen (secondary N) is 1. The van der Waals surface area contributed by atoms with E-state index < -0.39 is 0 Å². The van der Waals surface area contributed by atoms with E-state index in [1.54, 1.807) is 31.6 Å². The summed E-state index contributed by atoms with van der Waals surface area (Å²) in [5.41, 5.74) is 4.70. The van der Waals surface area contributed by atoms with Gasteiger partial charge in [0.25, 0.3) is 5.91 Å². The van der Waals surface area contributed by atoms with E-state index in [-0.39, 0.29) is 30.3 Å². The van der Waals surface area contributed by atoms with Gasteiger partial charge in [0.2, 0.25) is 5.95 Å². The Hall–Kier alpha value is -3.52. The maximum Gasteiger partial charge on any atom is 0.253 e. The summed E-state index contributed by atoms with van der Waals surface area (Å²) in [4.78, 5) is 25.5. The minimum absolute atomic E-state index is 0.0827. The van der Waals surface area contributed by atoms with Crippen LogP contribution in [-0.2, 0) is 5.41 Å². The summed E-state index contributed by atoms with van der Waals surface area (Å²) >= 11 is 0. The van der Waals surface area contributed by atoms with Crippen LogP contribution >= 0.6 is 0 Å². The molecule has 1 spiro atoms. The molecule has 176 valence electrons. The van der Waals surface area contributed by atoms with Crippen molar-refractivity contribution < 1.29 is 14.3 Å². The number of rotatable bonds is 7. The summed E-state index contributed by atoms with van der Waals surface area (Å²) in [5, 5.41) is 12.4. The van der Waals surface area contributed by atoms with Gasteiger partial charge in [-0.3, -0.25) is 4.79 Å². The van der Waals surface area contributed by atoms with Crippen molar-refractivity contribution in [1.29, 1.82) is 0 Å². The number of carbonyl (C=O) groups excluding carboxylic acids is 1. The third kappa shape index (κ3) is 3.88. The lowest BCUT2D eigenvalue weighted by Crippen LogP contribution is -2.29. The number of aliphatic hydroxyl groups is 1. The van der Waals surface area contributed by atoms with Gasteiger partial charge in [-0.2, -0.15) is 0 Å². The minimum atomic E-state index is -0.323. The van der Waals surface area contributed by atoms with Crippen molar-refractivity contribution in [3.63, 3.8) is 0 Å². The molecule has 2 heterocycles. The van der Waals surface area contributed by atoms with E-state index in [2.05, 4.69) is 20.2 Å². The van der Waals surface area contributed by atoms with E-state index in [1.165, 1.54) is 16.5 Å². The van der Waals surface area contributed by atoms with E-state index in [1.807, 2.05) is 25.1 Å². The van der Waals surface area contributed by atoms with Gasteiger partial charge in [0.05, 0.1) is 6.61 Å². The van der Waals surface area contributed by atoms with Crippen LogP contribution in [0.15, 0.2) is 48.8 Å². The van der Waals surface area contributed by atoms with E-state index in [0.717, 1.165) is 37.3 Å². The van der Waals surface area contributed by atoms with Crippen molar-refractivity contribution in [3.05, 3.63) is 65.7 Å². The average Bonchev–Trinajstić information content (AvgIpc) is 3.56. The first-order valence-electron chi connectivity index (χ1n) is 11.6. The van der Waals surface area contributed by atoms with Gasteiger partial charge in [-0.1, -0.05) is 6.07 Å². The third-order valence-electron chi connectivity index (χ3n) is 6.74. The predicted molar refractivity (Wildman–Crippen MR) is 130 cm³/mol. The van der Waals surface area contributed by atoms with Gasteiger partial charge in [-0.15, -0.1) is 0 Å². The number of amides is 1. The number of hydrogen-bond donors (Lipinski definition) is 2. The molecule has 1 amide bonds. The van der Waals surface area contributed by atoms with Crippen LogP contribution in [0.1, 0.15) is 35.7 Å². The molecule has 2 aliphatic rings. The minimum Gasteiger partial charge on any atom is -0.395 e. The van der Waals surface area contributed by atoms with Crippen LogP contribution in [0, 0.1) is 5.82 Å². The summed E-state index contributed by atoms with van der Waals surface area (Å²) < 4.78 is 14.5. The number of nitrogens with zero attached hydrogens (tertiary/aromatic N) is 4. The summed E-state index contributed by atoms with van der Waals surface area (Å²) in [6.45, 7) is 3.69. The van der Waals surface area contributed by atoms with Gasteiger partial charge >= 0.3 is 0 Å². The number of aromatic nitrogens is 2. The first-order chi connectivity index (χ1) is 16.5. The molecule has 2 N–H and O–H groups in total. The average molecular weight is 462 g/mol. The van der Waals surface area contributed by atoms with Gasteiger partial charge in [0.1, 0.15) is 5.82 Å². The van der Waals surface area contributed by atoms with E-state index in [4.69, 9.17) is 0 Å². The molecule has 1 aliphatic carbocycles. The quantitative estimate of drug-likeness (QED) is 0.554. The van der Waals surface area contributed by atoms with Crippen LogP contribution in [0.5, 0.6) is 0 Å². The fourth-order valence-corrected chi connectivity index (χ4v) is 4.70. The van der Waals surface area contributed by atoms with Crippen molar-refractivity contribution in [2.75, 3.05) is 43.5 Å². The molecular formula is C26H28FN5O2. The highest BCUT2D eigenvalue weighted by atomic mass is 19.1. The monoisotopic (exact) mass is 461 g/mol. The number of anilines is 3. The molecular weight excluding hydrogens is 433 g/mol. The molecule has 34 heavy (non-hydrogen) atoms. The summed E-state index contributed by atoms with van der Waals surface area (Å²) in [7, 11) is 1.68. The lowest BCUT2D eigenvalue weighted by Gasteiger charge is -2.20. The number of carbonyl (C=O) groups is 1. The standard InChI is InChI=1S/C26H28FN5O2/c1-3-28-19-5-7-22(27)20(13-19)18-14-29-25(30-15-18)32-16-26(8-9-26)21-6-4-17(12-23(21)32)24(34)31(2)10-11-33/h4-7,12-15,28,33H,3,8-11,16H2,1-2H3. The number of benzene rings is 2. The molecule has 3 aromatic rings. The highest BCUT2D eigenvalue weighted by Gasteiger charge is 2.52. The summed E-state index contributed by atoms with van der Waals surface area (Å²) in [5.74, 6) is 0.0720. The zero-order valence-electron chi connectivity index (χ0n) is 19.4. The zero-order chi connectivity index (χ0) is 23.9. The molecule has 0 unspecified atom stereocenters. The van der Waals surface area contributed by atoms with E-state index >= 15 is 0 Å². The molecule has 0 atom stereocenters. The predicted octanol–water partition coefficient (Wildman–Crippen LogP) is 3.96. The maximum absolute atomic E-state index is 14.5. The summed E-state index contributed by atoms with van der Waals surface area (Å²) in [6, 6.07) is 10.7. The fourth-order valence-electron chi connectivity index (χ4n) is 4.70. The number of hydrogen-bond acceptors (Lipinski definition) is 6. The fraction of sp³-hybridized carbons (Fsp3) is 0.346. The zero-order valence-corrected chi connectivity index (χ0v) is 19.4. The van der Waals surface area contributed by atoms with Gasteiger partial charge < -0.3 is 20.2 Å².